The third-order valence-electron chi connectivity index (χ3n) is 13.6. The summed E-state index contributed by atoms with van der Waals surface area (Å²) in [6.07, 6.45) is 0. The van der Waals surface area contributed by atoms with Crippen molar-refractivity contribution in [2.45, 2.75) is 0 Å². The molecule has 69 heavy (non-hydrogen) atoms. The zero-order valence-electron chi connectivity index (χ0n) is 37.7. The van der Waals surface area contributed by atoms with Crippen LogP contribution in [0.4, 0.5) is 17.1 Å². The highest BCUT2D eigenvalue weighted by atomic mass is 16.3. The van der Waals surface area contributed by atoms with Crippen LogP contribution in [-0.2, 0) is 0 Å². The highest BCUT2D eigenvalue weighted by molar-refractivity contribution is 6.11. The number of aromatic nitrogens is 1. The number of furan rings is 1. The summed E-state index contributed by atoms with van der Waals surface area (Å²) >= 11 is 0. The van der Waals surface area contributed by atoms with Crippen molar-refractivity contribution in [3.8, 4) is 61.3 Å². The number of hydrogen-bond acceptors (Lipinski definition) is 2. The van der Waals surface area contributed by atoms with Crippen LogP contribution in [0.3, 0.4) is 0 Å². The zero-order chi connectivity index (χ0) is 45.7. The van der Waals surface area contributed by atoms with Gasteiger partial charge in [0.25, 0.3) is 0 Å². The number of rotatable bonds is 9. The Morgan fingerprint density at radius 1 is 0.290 bits per heavy atom. The molecule has 0 unspecified atom stereocenters. The lowest BCUT2D eigenvalue weighted by Gasteiger charge is -2.28. The molecule has 324 valence electrons. The smallest absolute Gasteiger partial charge is 0.143 e. The van der Waals surface area contributed by atoms with Crippen LogP contribution in [-0.4, -0.2) is 4.57 Å². The highest BCUT2D eigenvalue weighted by Crippen LogP contribution is 2.46. The van der Waals surface area contributed by atoms with E-state index in [1.807, 2.05) is 6.07 Å². The number of anilines is 3. The Morgan fingerprint density at radius 2 is 0.783 bits per heavy atom. The van der Waals surface area contributed by atoms with E-state index in [0.29, 0.717) is 0 Å². The van der Waals surface area contributed by atoms with Crippen LogP contribution in [0.2, 0.25) is 0 Å². The molecule has 0 radical (unpaired) electrons. The maximum absolute atomic E-state index is 6.66. The Labute approximate surface area is 401 Å². The van der Waals surface area contributed by atoms with Gasteiger partial charge in [-0.15, -0.1) is 0 Å². The van der Waals surface area contributed by atoms with E-state index in [1.165, 1.54) is 38.5 Å². The Hall–Kier alpha value is -9.18. The van der Waals surface area contributed by atoms with Crippen LogP contribution in [0.1, 0.15) is 0 Å². The first-order valence-electron chi connectivity index (χ1n) is 23.6. The van der Waals surface area contributed by atoms with Crippen molar-refractivity contribution in [3.63, 3.8) is 0 Å². The second kappa shape index (κ2) is 16.9. The Kier molecular flexibility index (Phi) is 9.84. The van der Waals surface area contributed by atoms with Gasteiger partial charge < -0.3 is 13.9 Å². The summed E-state index contributed by atoms with van der Waals surface area (Å²) in [4.78, 5) is 2.39. The van der Waals surface area contributed by atoms with Crippen molar-refractivity contribution < 1.29 is 4.42 Å². The fourth-order valence-electron chi connectivity index (χ4n) is 10.4. The predicted octanol–water partition coefficient (Wildman–Crippen LogP) is 18.5. The molecule has 0 amide bonds. The van der Waals surface area contributed by atoms with E-state index in [9.17, 15) is 0 Å². The average Bonchev–Trinajstić information content (AvgIpc) is 3.98. The van der Waals surface area contributed by atoms with Gasteiger partial charge in [0, 0.05) is 49.6 Å². The summed E-state index contributed by atoms with van der Waals surface area (Å²) in [5.41, 5.74) is 20.0. The van der Waals surface area contributed by atoms with E-state index >= 15 is 0 Å². The lowest BCUT2D eigenvalue weighted by Crippen LogP contribution is -2.11. The van der Waals surface area contributed by atoms with E-state index in [0.717, 1.165) is 83.6 Å². The number of nitrogens with zero attached hydrogens (tertiary/aromatic N) is 2. The molecule has 0 bridgehead atoms. The monoisotopic (exact) mass is 880 g/mol. The molecule has 0 fully saturated rings. The van der Waals surface area contributed by atoms with Crippen molar-refractivity contribution in [1.29, 1.82) is 0 Å². The first-order valence-corrected chi connectivity index (χ1v) is 23.6. The molecule has 2 heterocycles. The molecule has 0 saturated carbocycles. The molecule has 11 aromatic carbocycles. The minimum atomic E-state index is 0.883. The molecule has 0 aliphatic rings. The van der Waals surface area contributed by atoms with Gasteiger partial charge in [-0.25, -0.2) is 0 Å². The fourth-order valence-corrected chi connectivity index (χ4v) is 10.4. The fraction of sp³-hybridized carbons (Fsp3) is 0. The molecule has 13 rings (SSSR count). The number of fused-ring (bicyclic) bond motifs is 6. The SMILES string of the molecule is c1ccc(-c2ccc(-c3cccc(N(c4ccc(-c5cccc(-c6ccccc6-n6c7ccccc7c7ccccc76)c5)cc4)c4ccccc4-c4cccc5c4oc4ccccc45)c3)cc2)cc1. The Morgan fingerprint density at radius 3 is 1.54 bits per heavy atom. The summed E-state index contributed by atoms with van der Waals surface area (Å²) in [6.45, 7) is 0. The Bertz CT molecular complexity index is 3960. The molecule has 13 aromatic rings. The molecule has 0 aliphatic carbocycles. The molecule has 2 aromatic heterocycles. The van der Waals surface area contributed by atoms with Gasteiger partial charge in [-0.2, -0.15) is 0 Å². The third-order valence-corrected chi connectivity index (χ3v) is 13.6. The second-order valence-electron chi connectivity index (χ2n) is 17.6. The zero-order valence-corrected chi connectivity index (χ0v) is 37.7. The van der Waals surface area contributed by atoms with Gasteiger partial charge in [0.1, 0.15) is 11.2 Å². The van der Waals surface area contributed by atoms with Gasteiger partial charge in [0.2, 0.25) is 0 Å². The van der Waals surface area contributed by atoms with Gasteiger partial charge in [-0.05, 0) is 99.6 Å². The average molecular weight is 881 g/mol. The molecular weight excluding hydrogens is 837 g/mol. The van der Waals surface area contributed by atoms with Crippen LogP contribution in [0.5, 0.6) is 0 Å². The van der Waals surface area contributed by atoms with Crippen LogP contribution >= 0.6 is 0 Å². The molecule has 0 atom stereocenters. The minimum Gasteiger partial charge on any atom is -0.455 e. The van der Waals surface area contributed by atoms with E-state index in [1.54, 1.807) is 0 Å². The maximum atomic E-state index is 6.66. The third kappa shape index (κ3) is 7.08. The summed E-state index contributed by atoms with van der Waals surface area (Å²) in [7, 11) is 0. The molecule has 0 aliphatic heterocycles. The lowest BCUT2D eigenvalue weighted by molar-refractivity contribution is 0.670. The summed E-state index contributed by atoms with van der Waals surface area (Å²) < 4.78 is 9.07. The van der Waals surface area contributed by atoms with Gasteiger partial charge in [0.05, 0.1) is 22.4 Å². The normalized spacial score (nSPS) is 11.5. The van der Waals surface area contributed by atoms with E-state index < -0.39 is 0 Å². The summed E-state index contributed by atoms with van der Waals surface area (Å²) in [6, 6.07) is 96.0. The quantitative estimate of drug-likeness (QED) is 0.144. The standard InChI is InChI=1S/C66H44N2O/c1-2-17-45(18-3-1)46-35-37-47(38-36-46)50-20-15-22-53(44-50)67(62-31-10-7-26-57(62)59-28-16-29-60-58-27-8-13-34-65(58)69-66(59)60)52-41-39-48(40-42-52)49-19-14-21-51(43-49)54-23-4-9-30-61(54)68-63-32-11-5-24-55(63)56-25-6-12-33-64(56)68/h1-44H. The molecule has 0 saturated heterocycles. The Balaban J connectivity index is 0.918. The number of benzene rings is 11. The molecule has 0 spiro atoms. The molecule has 3 nitrogen and oxygen atoms in total. The minimum absolute atomic E-state index is 0.883. The molecular formula is C66H44N2O. The highest BCUT2D eigenvalue weighted by Gasteiger charge is 2.22. The van der Waals surface area contributed by atoms with Crippen molar-refractivity contribution in [1.82, 2.24) is 4.57 Å². The lowest BCUT2D eigenvalue weighted by atomic mass is 9.97. The van der Waals surface area contributed by atoms with Crippen molar-refractivity contribution >= 4 is 60.8 Å². The first kappa shape index (κ1) is 40.1. The van der Waals surface area contributed by atoms with Crippen LogP contribution in [0.15, 0.2) is 271 Å². The topological polar surface area (TPSA) is 21.3 Å². The largest absolute Gasteiger partial charge is 0.455 e. The first-order chi connectivity index (χ1) is 34.2. The summed E-state index contributed by atoms with van der Waals surface area (Å²) in [5.74, 6) is 0. The van der Waals surface area contributed by atoms with Gasteiger partial charge in [0.15, 0.2) is 0 Å². The maximum Gasteiger partial charge on any atom is 0.143 e. The van der Waals surface area contributed by atoms with Crippen LogP contribution < -0.4 is 4.90 Å². The number of hydrogen-bond donors (Lipinski definition) is 0. The van der Waals surface area contributed by atoms with E-state index in [2.05, 4.69) is 270 Å². The molecule has 3 heteroatoms. The van der Waals surface area contributed by atoms with Gasteiger partial charge in [-0.1, -0.05) is 206 Å². The second-order valence-corrected chi connectivity index (χ2v) is 17.6. The summed E-state index contributed by atoms with van der Waals surface area (Å²) in [5, 5.41) is 4.73. The van der Waals surface area contributed by atoms with Crippen LogP contribution in [0.25, 0.3) is 105 Å². The van der Waals surface area contributed by atoms with Crippen molar-refractivity contribution in [2.75, 3.05) is 4.90 Å². The van der Waals surface area contributed by atoms with E-state index in [-0.39, 0.29) is 0 Å². The van der Waals surface area contributed by atoms with Gasteiger partial charge in [-0.3, -0.25) is 0 Å². The van der Waals surface area contributed by atoms with Crippen molar-refractivity contribution in [3.05, 3.63) is 267 Å². The molecule has 0 N–H and O–H groups in total. The number of para-hydroxylation sites is 6. The van der Waals surface area contributed by atoms with Crippen LogP contribution in [0, 0.1) is 0 Å². The van der Waals surface area contributed by atoms with Crippen molar-refractivity contribution in [2.24, 2.45) is 0 Å². The van der Waals surface area contributed by atoms with E-state index in [4.69, 9.17) is 4.42 Å². The van der Waals surface area contributed by atoms with Gasteiger partial charge >= 0.3 is 0 Å². The predicted molar refractivity (Wildman–Crippen MR) is 290 cm³/mol.